The van der Waals surface area contributed by atoms with Crippen molar-refractivity contribution in [1.82, 2.24) is 13.9 Å². The van der Waals surface area contributed by atoms with Crippen molar-refractivity contribution in [2.75, 3.05) is 17.7 Å². The molecule has 0 spiro atoms. The molecule has 45 heavy (non-hydrogen) atoms. The van der Waals surface area contributed by atoms with E-state index in [-0.39, 0.29) is 28.3 Å². The van der Waals surface area contributed by atoms with Gasteiger partial charge in [0.05, 0.1) is 22.7 Å². The minimum absolute atomic E-state index is 0.0512. The van der Waals surface area contributed by atoms with Gasteiger partial charge in [0.15, 0.2) is 6.61 Å². The molecule has 230 valence electrons. The number of Topliss-reactive ketones (excluding diaryl/α,β-unsaturated/α-hetero) is 1. The Balaban J connectivity index is 1.23. The molecule has 5 aromatic rings. The predicted molar refractivity (Wildman–Crippen MR) is 179 cm³/mol. The average Bonchev–Trinajstić information content (AvgIpc) is 3.45. The molecule has 0 bridgehead atoms. The van der Waals surface area contributed by atoms with Gasteiger partial charge in [-0.2, -0.15) is 0 Å². The SMILES string of the molecule is Cc1cc(C(=O)COC(=O)c2ccccc2SCC(=O)Nc2c(C)n(C)n(-c3ccccc3)c2=O)c(C)n1-c1ccc(Br)cc1. The third-order valence-corrected chi connectivity index (χ3v) is 9.04. The zero-order chi connectivity index (χ0) is 32.2. The average molecular weight is 688 g/mol. The minimum Gasteiger partial charge on any atom is -0.454 e. The molecule has 0 aliphatic carbocycles. The van der Waals surface area contributed by atoms with Crippen LogP contribution in [0.1, 0.15) is 37.8 Å². The Bertz CT molecular complexity index is 1960. The molecule has 0 saturated heterocycles. The van der Waals surface area contributed by atoms with Gasteiger partial charge in [0.2, 0.25) is 11.7 Å². The number of ketones is 1. The summed E-state index contributed by atoms with van der Waals surface area (Å²) < 4.78 is 11.5. The van der Waals surface area contributed by atoms with Crippen LogP contribution in [0.4, 0.5) is 5.69 Å². The fraction of sp³-hybridized carbons (Fsp3) is 0.176. The van der Waals surface area contributed by atoms with Crippen LogP contribution in [-0.2, 0) is 16.6 Å². The number of carbonyl (C=O) groups excluding carboxylic acids is 3. The smallest absolute Gasteiger partial charge is 0.339 e. The number of para-hydroxylation sites is 1. The van der Waals surface area contributed by atoms with E-state index >= 15 is 0 Å². The number of rotatable bonds is 10. The molecule has 0 aliphatic rings. The third-order valence-electron chi connectivity index (χ3n) is 7.44. The van der Waals surface area contributed by atoms with Crippen LogP contribution in [0.5, 0.6) is 0 Å². The molecule has 0 unspecified atom stereocenters. The van der Waals surface area contributed by atoms with Gasteiger partial charge < -0.3 is 14.6 Å². The summed E-state index contributed by atoms with van der Waals surface area (Å²) in [5.74, 6) is -1.43. The van der Waals surface area contributed by atoms with E-state index in [9.17, 15) is 19.2 Å². The first-order chi connectivity index (χ1) is 21.6. The van der Waals surface area contributed by atoms with E-state index in [4.69, 9.17) is 4.74 Å². The number of amides is 1. The van der Waals surface area contributed by atoms with Gasteiger partial charge in [-0.25, -0.2) is 9.48 Å². The van der Waals surface area contributed by atoms with Gasteiger partial charge in [-0.3, -0.25) is 19.1 Å². The summed E-state index contributed by atoms with van der Waals surface area (Å²) in [7, 11) is 1.75. The molecule has 0 aliphatic heterocycles. The summed E-state index contributed by atoms with van der Waals surface area (Å²) in [5, 5.41) is 2.73. The van der Waals surface area contributed by atoms with Crippen molar-refractivity contribution in [2.45, 2.75) is 25.7 Å². The van der Waals surface area contributed by atoms with Crippen LogP contribution in [-0.4, -0.2) is 44.0 Å². The van der Waals surface area contributed by atoms with Gasteiger partial charge >= 0.3 is 5.97 Å². The lowest BCUT2D eigenvalue weighted by Crippen LogP contribution is -2.23. The molecule has 3 aromatic carbocycles. The second-order valence-electron chi connectivity index (χ2n) is 10.4. The first-order valence-corrected chi connectivity index (χ1v) is 15.9. The van der Waals surface area contributed by atoms with E-state index in [1.165, 1.54) is 4.68 Å². The van der Waals surface area contributed by atoms with Crippen LogP contribution in [0, 0.1) is 20.8 Å². The number of nitrogens with one attached hydrogen (secondary N) is 1. The standard InChI is InChI=1S/C34H31BrN4O5S/c1-21-18-28(22(2)38(21)25-16-14-24(35)15-17-25)29(40)19-44-34(43)27-12-8-9-13-30(27)45-20-31(41)36-32-23(3)37(4)39(33(32)42)26-10-6-5-7-11-26/h5-18H,19-20H2,1-4H3,(H,36,41). The number of anilines is 1. The van der Waals surface area contributed by atoms with E-state index in [1.807, 2.05) is 73.0 Å². The van der Waals surface area contributed by atoms with Crippen molar-refractivity contribution in [1.29, 1.82) is 0 Å². The number of thioether (sulfide) groups is 1. The van der Waals surface area contributed by atoms with E-state index < -0.39 is 18.5 Å². The van der Waals surface area contributed by atoms with Crippen LogP contribution >= 0.6 is 27.7 Å². The summed E-state index contributed by atoms with van der Waals surface area (Å²) in [5.41, 5.74) is 4.41. The van der Waals surface area contributed by atoms with Gasteiger partial charge in [-0.1, -0.05) is 46.3 Å². The van der Waals surface area contributed by atoms with Gasteiger partial charge in [-0.15, -0.1) is 11.8 Å². The first kappa shape index (κ1) is 31.8. The second-order valence-corrected chi connectivity index (χ2v) is 12.3. The van der Waals surface area contributed by atoms with E-state index in [0.717, 1.165) is 33.3 Å². The number of ether oxygens (including phenoxy) is 1. The Morgan fingerprint density at radius 2 is 1.51 bits per heavy atom. The lowest BCUT2D eigenvalue weighted by Gasteiger charge is -2.11. The quantitative estimate of drug-likeness (QED) is 0.103. The van der Waals surface area contributed by atoms with Crippen LogP contribution in [0.2, 0.25) is 0 Å². The maximum Gasteiger partial charge on any atom is 0.339 e. The maximum atomic E-state index is 13.1. The lowest BCUT2D eigenvalue weighted by atomic mass is 10.1. The van der Waals surface area contributed by atoms with E-state index in [1.54, 1.807) is 49.0 Å². The number of esters is 1. The predicted octanol–water partition coefficient (Wildman–Crippen LogP) is 6.42. The number of benzene rings is 3. The molecule has 5 rings (SSSR count). The largest absolute Gasteiger partial charge is 0.454 e. The number of carbonyl (C=O) groups is 3. The zero-order valence-electron chi connectivity index (χ0n) is 25.2. The molecule has 1 N–H and O–H groups in total. The van der Waals surface area contributed by atoms with Crippen molar-refractivity contribution < 1.29 is 19.1 Å². The van der Waals surface area contributed by atoms with Crippen LogP contribution in [0.15, 0.2) is 99.1 Å². The first-order valence-electron chi connectivity index (χ1n) is 14.1. The fourth-order valence-electron chi connectivity index (χ4n) is 5.11. The highest BCUT2D eigenvalue weighted by Crippen LogP contribution is 2.26. The molecular formula is C34H31BrN4O5S. The highest BCUT2D eigenvalue weighted by Gasteiger charge is 2.22. The molecule has 2 heterocycles. The number of hydrogen-bond donors (Lipinski definition) is 1. The van der Waals surface area contributed by atoms with Gasteiger partial charge in [0.25, 0.3) is 5.56 Å². The number of hydrogen-bond acceptors (Lipinski definition) is 6. The molecule has 0 fully saturated rings. The summed E-state index contributed by atoms with van der Waals surface area (Å²) in [6, 6.07) is 25.5. The van der Waals surface area contributed by atoms with Crippen molar-refractivity contribution in [3.05, 3.63) is 128 Å². The van der Waals surface area contributed by atoms with Gasteiger partial charge in [0.1, 0.15) is 5.69 Å². The summed E-state index contributed by atoms with van der Waals surface area (Å²) in [6.45, 7) is 5.10. The van der Waals surface area contributed by atoms with Gasteiger partial charge in [-0.05, 0) is 75.4 Å². The third kappa shape index (κ3) is 6.74. The Hall–Kier alpha value is -4.61. The normalized spacial score (nSPS) is 11.0. The van der Waals surface area contributed by atoms with Crippen molar-refractivity contribution in [3.8, 4) is 11.4 Å². The second kappa shape index (κ2) is 13.6. The Morgan fingerprint density at radius 3 is 2.22 bits per heavy atom. The van der Waals surface area contributed by atoms with Crippen molar-refractivity contribution >= 4 is 51.0 Å². The molecule has 0 radical (unpaired) electrons. The van der Waals surface area contributed by atoms with Crippen LogP contribution < -0.4 is 10.9 Å². The van der Waals surface area contributed by atoms with E-state index in [2.05, 4.69) is 21.2 Å². The minimum atomic E-state index is -0.668. The van der Waals surface area contributed by atoms with Crippen LogP contribution in [0.3, 0.4) is 0 Å². The highest BCUT2D eigenvalue weighted by molar-refractivity contribution is 9.10. The fourth-order valence-corrected chi connectivity index (χ4v) is 6.22. The van der Waals surface area contributed by atoms with E-state index in [0.29, 0.717) is 21.8 Å². The van der Waals surface area contributed by atoms with Crippen molar-refractivity contribution in [3.63, 3.8) is 0 Å². The molecular weight excluding hydrogens is 656 g/mol. The number of nitrogens with zero attached hydrogens (tertiary/aromatic N) is 3. The summed E-state index contributed by atoms with van der Waals surface area (Å²) in [4.78, 5) is 52.8. The number of halogens is 1. The number of aromatic nitrogens is 3. The maximum absolute atomic E-state index is 13.1. The molecule has 9 nitrogen and oxygen atoms in total. The van der Waals surface area contributed by atoms with Crippen molar-refractivity contribution in [2.24, 2.45) is 7.05 Å². The summed E-state index contributed by atoms with van der Waals surface area (Å²) >= 11 is 4.58. The topological polar surface area (TPSA) is 104 Å². The monoisotopic (exact) mass is 686 g/mol. The lowest BCUT2D eigenvalue weighted by molar-refractivity contribution is -0.113. The Labute approximate surface area is 272 Å². The molecule has 11 heteroatoms. The van der Waals surface area contributed by atoms with Gasteiger partial charge in [0, 0.05) is 39.1 Å². The Kier molecular flexibility index (Phi) is 9.60. The Morgan fingerprint density at radius 1 is 0.844 bits per heavy atom. The summed E-state index contributed by atoms with van der Waals surface area (Å²) in [6.07, 6.45) is 0. The van der Waals surface area contributed by atoms with Crippen LogP contribution in [0.25, 0.3) is 11.4 Å². The highest BCUT2D eigenvalue weighted by atomic mass is 79.9. The zero-order valence-corrected chi connectivity index (χ0v) is 27.6. The molecule has 0 saturated carbocycles. The molecule has 0 atom stereocenters. The molecule has 2 aromatic heterocycles. The molecule has 1 amide bonds. The number of aryl methyl sites for hydroxylation is 1.